The number of rotatable bonds is 1. The third-order valence-corrected chi connectivity index (χ3v) is 8.70. The molecule has 0 aromatic carbocycles. The van der Waals surface area contributed by atoms with E-state index < -0.39 is 0 Å². The van der Waals surface area contributed by atoms with Crippen molar-refractivity contribution in [3.05, 3.63) is 23.3 Å². The molecule has 0 aromatic rings. The summed E-state index contributed by atoms with van der Waals surface area (Å²) < 4.78 is 0. The van der Waals surface area contributed by atoms with Gasteiger partial charge in [0, 0.05) is 0 Å². The predicted molar refractivity (Wildman–Crippen MR) is 99.2 cm³/mol. The van der Waals surface area contributed by atoms with Crippen LogP contribution >= 0.6 is 0 Å². The Morgan fingerprint density at radius 1 is 0.957 bits per heavy atom. The summed E-state index contributed by atoms with van der Waals surface area (Å²) in [6.45, 7) is 12.6. The van der Waals surface area contributed by atoms with Gasteiger partial charge in [0.1, 0.15) is 0 Å². The average molecular weight is 313 g/mol. The fraction of sp³-hybridized carbons (Fsp3) is 0.826. The lowest BCUT2D eigenvalue weighted by atomic mass is 9.49. The molecule has 0 aliphatic heterocycles. The summed E-state index contributed by atoms with van der Waals surface area (Å²) in [4.78, 5) is 0. The van der Waals surface area contributed by atoms with E-state index in [0.717, 1.165) is 29.6 Å². The van der Waals surface area contributed by atoms with Crippen molar-refractivity contribution in [1.29, 1.82) is 0 Å². The summed E-state index contributed by atoms with van der Waals surface area (Å²) in [5, 5.41) is 0. The lowest BCUT2D eigenvalue weighted by molar-refractivity contribution is 0.0500. The highest BCUT2D eigenvalue weighted by Crippen LogP contribution is 2.66. The van der Waals surface area contributed by atoms with Gasteiger partial charge in [-0.05, 0) is 85.4 Å². The van der Waals surface area contributed by atoms with Crippen molar-refractivity contribution in [2.24, 2.45) is 40.4 Å². The molecule has 0 bridgehead atoms. The van der Waals surface area contributed by atoms with Crippen molar-refractivity contribution in [1.82, 2.24) is 0 Å². The molecule has 0 saturated heterocycles. The van der Waals surface area contributed by atoms with Gasteiger partial charge < -0.3 is 0 Å². The van der Waals surface area contributed by atoms with E-state index in [2.05, 4.69) is 46.8 Å². The third kappa shape index (κ3) is 2.16. The van der Waals surface area contributed by atoms with Gasteiger partial charge in [-0.2, -0.15) is 0 Å². The first-order valence-corrected chi connectivity index (χ1v) is 10.3. The molecule has 0 heteroatoms. The maximum atomic E-state index is 2.64. The van der Waals surface area contributed by atoms with Crippen LogP contribution in [0.1, 0.15) is 79.6 Å². The maximum absolute atomic E-state index is 2.64. The smallest absolute Gasteiger partial charge is 0.00474 e. The molecule has 3 saturated carbocycles. The van der Waals surface area contributed by atoms with Crippen molar-refractivity contribution < 1.29 is 0 Å². The summed E-state index contributed by atoms with van der Waals surface area (Å²) >= 11 is 0. The van der Waals surface area contributed by atoms with E-state index in [1.165, 1.54) is 44.9 Å². The van der Waals surface area contributed by atoms with Crippen LogP contribution in [0.25, 0.3) is 0 Å². The number of fused-ring (bicyclic) bond motifs is 5. The van der Waals surface area contributed by atoms with Crippen molar-refractivity contribution in [3.63, 3.8) is 0 Å². The molecular formula is C23H36. The van der Waals surface area contributed by atoms with Gasteiger partial charge in [-0.15, -0.1) is 0 Å². The van der Waals surface area contributed by atoms with Crippen LogP contribution in [0.4, 0.5) is 0 Å². The lowest BCUT2D eigenvalue weighted by Gasteiger charge is -2.55. The third-order valence-electron chi connectivity index (χ3n) is 8.70. The Bertz CT molecular complexity index is 550. The second kappa shape index (κ2) is 5.24. The Labute approximate surface area is 143 Å². The van der Waals surface area contributed by atoms with Gasteiger partial charge in [-0.1, -0.05) is 57.9 Å². The zero-order valence-corrected chi connectivity index (χ0v) is 16.0. The normalized spacial score (nSPS) is 49.1. The largest absolute Gasteiger partial charge is 0.0634 e. The lowest BCUT2D eigenvalue weighted by Crippen LogP contribution is -2.45. The summed E-state index contributed by atoms with van der Waals surface area (Å²) in [5.41, 5.74) is 4.73. The van der Waals surface area contributed by atoms with Crippen molar-refractivity contribution in [3.8, 4) is 0 Å². The molecule has 128 valence electrons. The predicted octanol–water partition coefficient (Wildman–Crippen LogP) is 6.78. The minimum atomic E-state index is 0.494. The van der Waals surface area contributed by atoms with Gasteiger partial charge in [0.05, 0.1) is 0 Å². The molecule has 0 aromatic heterocycles. The standard InChI is InChI=1S/C23H36/c1-15(2)19-8-9-20-18-7-6-17-14-16(3)10-12-22(17,4)21(18)11-13-23(19,20)5/h6-7,15-16,19-21H,8-14H2,1-5H3. The number of allylic oxidation sites excluding steroid dienone is 4. The van der Waals surface area contributed by atoms with E-state index in [0.29, 0.717) is 10.8 Å². The fourth-order valence-corrected chi connectivity index (χ4v) is 7.32. The highest BCUT2D eigenvalue weighted by Gasteiger charge is 2.56. The van der Waals surface area contributed by atoms with E-state index in [1.54, 1.807) is 5.57 Å². The molecule has 6 atom stereocenters. The average Bonchev–Trinajstić information content (AvgIpc) is 2.85. The molecule has 0 nitrogen and oxygen atoms in total. The Balaban J connectivity index is 1.71. The molecule has 3 fully saturated rings. The van der Waals surface area contributed by atoms with Crippen LogP contribution in [0.5, 0.6) is 0 Å². The van der Waals surface area contributed by atoms with Crippen LogP contribution in [-0.2, 0) is 0 Å². The van der Waals surface area contributed by atoms with Crippen LogP contribution in [-0.4, -0.2) is 0 Å². The van der Waals surface area contributed by atoms with Gasteiger partial charge in [-0.3, -0.25) is 0 Å². The van der Waals surface area contributed by atoms with Crippen LogP contribution in [0.2, 0.25) is 0 Å². The molecule has 0 N–H and O–H groups in total. The highest BCUT2D eigenvalue weighted by atomic mass is 14.6. The van der Waals surface area contributed by atoms with Crippen molar-refractivity contribution in [2.75, 3.05) is 0 Å². The molecule has 4 aliphatic rings. The molecule has 4 rings (SSSR count). The topological polar surface area (TPSA) is 0 Å². The Morgan fingerprint density at radius 2 is 1.74 bits per heavy atom. The molecule has 0 spiro atoms. The number of hydrogen-bond donors (Lipinski definition) is 0. The fourth-order valence-electron chi connectivity index (χ4n) is 7.32. The van der Waals surface area contributed by atoms with Gasteiger partial charge in [0.25, 0.3) is 0 Å². The van der Waals surface area contributed by atoms with Crippen LogP contribution in [0, 0.1) is 40.4 Å². The first kappa shape index (κ1) is 16.0. The van der Waals surface area contributed by atoms with E-state index in [4.69, 9.17) is 0 Å². The van der Waals surface area contributed by atoms with Gasteiger partial charge in [-0.25, -0.2) is 0 Å². The summed E-state index contributed by atoms with van der Waals surface area (Å²) in [7, 11) is 0. The summed E-state index contributed by atoms with van der Waals surface area (Å²) in [6, 6.07) is 0. The highest BCUT2D eigenvalue weighted by molar-refractivity contribution is 5.38. The van der Waals surface area contributed by atoms with E-state index in [-0.39, 0.29) is 0 Å². The van der Waals surface area contributed by atoms with E-state index in [1.807, 2.05) is 5.57 Å². The molecule has 23 heavy (non-hydrogen) atoms. The van der Waals surface area contributed by atoms with Gasteiger partial charge in [0.15, 0.2) is 0 Å². The molecule has 0 amide bonds. The van der Waals surface area contributed by atoms with Crippen molar-refractivity contribution in [2.45, 2.75) is 79.6 Å². The Hall–Kier alpha value is -0.520. The molecule has 4 aliphatic carbocycles. The minimum Gasteiger partial charge on any atom is -0.0634 e. The number of hydrogen-bond acceptors (Lipinski definition) is 0. The molecular weight excluding hydrogens is 276 g/mol. The van der Waals surface area contributed by atoms with Crippen LogP contribution in [0.15, 0.2) is 23.3 Å². The minimum absolute atomic E-state index is 0.494. The van der Waals surface area contributed by atoms with E-state index in [9.17, 15) is 0 Å². The van der Waals surface area contributed by atoms with Crippen LogP contribution < -0.4 is 0 Å². The quantitative estimate of drug-likeness (QED) is 0.500. The monoisotopic (exact) mass is 312 g/mol. The Kier molecular flexibility index (Phi) is 3.64. The first-order chi connectivity index (χ1) is 10.9. The molecule has 0 radical (unpaired) electrons. The summed E-state index contributed by atoms with van der Waals surface area (Å²) in [5.74, 6) is 4.43. The first-order valence-electron chi connectivity index (χ1n) is 10.3. The molecule has 0 heterocycles. The van der Waals surface area contributed by atoms with E-state index >= 15 is 0 Å². The van der Waals surface area contributed by atoms with Crippen LogP contribution in [0.3, 0.4) is 0 Å². The van der Waals surface area contributed by atoms with Crippen molar-refractivity contribution >= 4 is 0 Å². The maximum Gasteiger partial charge on any atom is -0.00474 e. The van der Waals surface area contributed by atoms with Gasteiger partial charge >= 0.3 is 0 Å². The zero-order valence-electron chi connectivity index (χ0n) is 16.0. The molecule has 6 unspecified atom stereocenters. The Morgan fingerprint density at radius 3 is 2.48 bits per heavy atom. The second-order valence-electron chi connectivity index (χ2n) is 10.2. The zero-order chi connectivity index (χ0) is 16.4. The summed E-state index contributed by atoms with van der Waals surface area (Å²) in [6.07, 6.45) is 15.2. The second-order valence-corrected chi connectivity index (χ2v) is 10.2. The van der Waals surface area contributed by atoms with Gasteiger partial charge in [0.2, 0.25) is 0 Å². The SMILES string of the molecule is CC1CCC2(C)C(=CC=C3C2CCC2(C)C3CCC2C(C)C)C1.